The van der Waals surface area contributed by atoms with Crippen molar-refractivity contribution in [1.82, 2.24) is 15.5 Å². The average molecular weight is 415 g/mol. The topological polar surface area (TPSA) is 86.5 Å². The summed E-state index contributed by atoms with van der Waals surface area (Å²) in [4.78, 5) is 17.4. The molecule has 7 heteroatoms. The average Bonchev–Trinajstić information content (AvgIpc) is 3.33. The van der Waals surface area contributed by atoms with Gasteiger partial charge in [0.05, 0.1) is 25.3 Å². The molecule has 3 aromatic carbocycles. The zero-order chi connectivity index (χ0) is 21.6. The quantitative estimate of drug-likeness (QED) is 0.483. The zero-order valence-corrected chi connectivity index (χ0v) is 17.2. The maximum Gasteiger partial charge on any atom is 0.259 e. The Morgan fingerprint density at radius 2 is 1.74 bits per heavy atom. The Morgan fingerprint density at radius 1 is 0.968 bits per heavy atom. The highest BCUT2D eigenvalue weighted by molar-refractivity contribution is 6.00. The van der Waals surface area contributed by atoms with Crippen LogP contribution < -0.4 is 14.8 Å². The molecule has 1 N–H and O–H groups in total. The molecule has 1 amide bonds. The minimum atomic E-state index is -0.264. The smallest absolute Gasteiger partial charge is 0.259 e. The molecule has 4 rings (SSSR count). The van der Waals surface area contributed by atoms with Crippen LogP contribution in [0, 0.1) is 0 Å². The number of hydrogen-bond acceptors (Lipinski definition) is 6. The standard InChI is InChI=1S/C24H21N3O4/c1-29-18-12-13-21(30-2)17(14-18)15-25-23(28)19-10-6-7-11-20(19)24-26-22(27-31-24)16-8-4-3-5-9-16/h3-14H,15H2,1-2H3,(H,25,28). The fourth-order valence-electron chi connectivity index (χ4n) is 3.20. The lowest BCUT2D eigenvalue weighted by atomic mass is 10.1. The van der Waals surface area contributed by atoms with E-state index in [-0.39, 0.29) is 18.3 Å². The summed E-state index contributed by atoms with van der Waals surface area (Å²) in [5.74, 6) is 1.83. The predicted molar refractivity (Wildman–Crippen MR) is 116 cm³/mol. The molecule has 0 spiro atoms. The molecule has 0 atom stereocenters. The van der Waals surface area contributed by atoms with Crippen LogP contribution in [0.5, 0.6) is 11.5 Å². The van der Waals surface area contributed by atoms with E-state index in [1.807, 2.05) is 42.5 Å². The van der Waals surface area contributed by atoms with E-state index in [4.69, 9.17) is 14.0 Å². The molecule has 0 fully saturated rings. The van der Waals surface area contributed by atoms with Crippen molar-refractivity contribution in [2.75, 3.05) is 14.2 Å². The molecule has 0 aliphatic rings. The van der Waals surface area contributed by atoms with E-state index < -0.39 is 0 Å². The summed E-state index contributed by atoms with van der Waals surface area (Å²) in [6.45, 7) is 0.270. The Morgan fingerprint density at radius 3 is 2.52 bits per heavy atom. The van der Waals surface area contributed by atoms with Crippen molar-refractivity contribution in [1.29, 1.82) is 0 Å². The van der Waals surface area contributed by atoms with Gasteiger partial charge in [0.2, 0.25) is 5.82 Å². The van der Waals surface area contributed by atoms with Crippen LogP contribution in [0.1, 0.15) is 15.9 Å². The van der Waals surface area contributed by atoms with Crippen molar-refractivity contribution in [3.05, 3.63) is 83.9 Å². The highest BCUT2D eigenvalue weighted by Gasteiger charge is 2.18. The minimum Gasteiger partial charge on any atom is -0.497 e. The van der Waals surface area contributed by atoms with E-state index in [1.165, 1.54) is 0 Å². The summed E-state index contributed by atoms with van der Waals surface area (Å²) >= 11 is 0. The zero-order valence-electron chi connectivity index (χ0n) is 17.2. The van der Waals surface area contributed by atoms with E-state index in [9.17, 15) is 4.79 Å². The largest absolute Gasteiger partial charge is 0.497 e. The lowest BCUT2D eigenvalue weighted by Crippen LogP contribution is -2.23. The number of rotatable bonds is 7. The van der Waals surface area contributed by atoms with Gasteiger partial charge >= 0.3 is 0 Å². The molecule has 7 nitrogen and oxygen atoms in total. The number of carbonyl (C=O) groups excluding carboxylic acids is 1. The number of ether oxygens (including phenoxy) is 2. The van der Waals surface area contributed by atoms with Gasteiger partial charge in [-0.15, -0.1) is 0 Å². The molecule has 0 aliphatic heterocycles. The van der Waals surface area contributed by atoms with Crippen molar-refractivity contribution < 1.29 is 18.8 Å². The molecule has 0 unspecified atom stereocenters. The molecule has 0 saturated carbocycles. The van der Waals surface area contributed by atoms with Crippen LogP contribution in [-0.2, 0) is 6.54 Å². The van der Waals surface area contributed by atoms with E-state index in [2.05, 4.69) is 15.5 Å². The molecule has 1 aromatic heterocycles. The van der Waals surface area contributed by atoms with Crippen molar-refractivity contribution >= 4 is 5.91 Å². The number of nitrogens with one attached hydrogen (secondary N) is 1. The van der Waals surface area contributed by atoms with Gasteiger partial charge in [0, 0.05) is 17.7 Å². The van der Waals surface area contributed by atoms with Gasteiger partial charge in [-0.25, -0.2) is 0 Å². The van der Waals surface area contributed by atoms with Crippen LogP contribution in [0.4, 0.5) is 0 Å². The molecular weight excluding hydrogens is 394 g/mol. The van der Waals surface area contributed by atoms with E-state index >= 15 is 0 Å². The first-order valence-corrected chi connectivity index (χ1v) is 9.67. The van der Waals surface area contributed by atoms with Gasteiger partial charge in [0.15, 0.2) is 0 Å². The first-order chi connectivity index (χ1) is 15.2. The van der Waals surface area contributed by atoms with Crippen LogP contribution in [0.3, 0.4) is 0 Å². The van der Waals surface area contributed by atoms with Crippen LogP contribution in [0.25, 0.3) is 22.8 Å². The Labute approximate surface area is 179 Å². The van der Waals surface area contributed by atoms with Crippen LogP contribution >= 0.6 is 0 Å². The summed E-state index contributed by atoms with van der Waals surface area (Å²) in [5, 5.41) is 6.98. The lowest BCUT2D eigenvalue weighted by molar-refractivity contribution is 0.0951. The Balaban J connectivity index is 1.57. The fourth-order valence-corrected chi connectivity index (χ4v) is 3.20. The monoisotopic (exact) mass is 415 g/mol. The van der Waals surface area contributed by atoms with Gasteiger partial charge < -0.3 is 19.3 Å². The summed E-state index contributed by atoms with van der Waals surface area (Å²) < 4.78 is 16.1. The van der Waals surface area contributed by atoms with Crippen LogP contribution in [0.2, 0.25) is 0 Å². The van der Waals surface area contributed by atoms with Gasteiger partial charge in [0.1, 0.15) is 11.5 Å². The molecule has 0 saturated heterocycles. The van der Waals surface area contributed by atoms with Crippen LogP contribution in [-0.4, -0.2) is 30.3 Å². The number of aromatic nitrogens is 2. The molecular formula is C24H21N3O4. The van der Waals surface area contributed by atoms with Crippen molar-refractivity contribution in [3.8, 4) is 34.3 Å². The van der Waals surface area contributed by atoms with Gasteiger partial charge in [0.25, 0.3) is 11.8 Å². The van der Waals surface area contributed by atoms with Crippen LogP contribution in [0.15, 0.2) is 77.3 Å². The third-order valence-electron chi connectivity index (χ3n) is 4.79. The van der Waals surface area contributed by atoms with Crippen molar-refractivity contribution in [2.24, 2.45) is 0 Å². The highest BCUT2D eigenvalue weighted by Crippen LogP contribution is 2.26. The second-order valence-electron chi connectivity index (χ2n) is 6.70. The number of carbonyl (C=O) groups is 1. The Kier molecular flexibility index (Phi) is 5.93. The molecule has 1 heterocycles. The minimum absolute atomic E-state index is 0.264. The summed E-state index contributed by atoms with van der Waals surface area (Å²) in [6.07, 6.45) is 0. The van der Waals surface area contributed by atoms with Gasteiger partial charge in [-0.1, -0.05) is 47.6 Å². The second-order valence-corrected chi connectivity index (χ2v) is 6.70. The van der Waals surface area contributed by atoms with Crippen molar-refractivity contribution in [3.63, 3.8) is 0 Å². The van der Waals surface area contributed by atoms with Gasteiger partial charge in [-0.05, 0) is 30.3 Å². The van der Waals surface area contributed by atoms with E-state index in [0.29, 0.717) is 28.5 Å². The summed E-state index contributed by atoms with van der Waals surface area (Å²) in [7, 11) is 3.18. The summed E-state index contributed by atoms with van der Waals surface area (Å²) in [5.41, 5.74) is 2.64. The second kappa shape index (κ2) is 9.13. The maximum absolute atomic E-state index is 13.0. The number of methoxy groups -OCH3 is 2. The van der Waals surface area contributed by atoms with Crippen molar-refractivity contribution in [2.45, 2.75) is 6.54 Å². The first-order valence-electron chi connectivity index (χ1n) is 9.67. The number of amides is 1. The highest BCUT2D eigenvalue weighted by atomic mass is 16.5. The SMILES string of the molecule is COc1ccc(OC)c(CNC(=O)c2ccccc2-c2nc(-c3ccccc3)no2)c1. The number of benzene rings is 3. The molecule has 4 aromatic rings. The number of hydrogen-bond donors (Lipinski definition) is 1. The maximum atomic E-state index is 13.0. The van der Waals surface area contributed by atoms with E-state index in [1.54, 1.807) is 44.6 Å². The summed E-state index contributed by atoms with van der Waals surface area (Å²) in [6, 6.07) is 22.1. The molecule has 0 radical (unpaired) electrons. The number of nitrogens with zero attached hydrogens (tertiary/aromatic N) is 2. The third kappa shape index (κ3) is 4.40. The molecule has 31 heavy (non-hydrogen) atoms. The molecule has 0 bridgehead atoms. The Hall–Kier alpha value is -4.13. The normalized spacial score (nSPS) is 10.5. The van der Waals surface area contributed by atoms with E-state index in [0.717, 1.165) is 11.1 Å². The lowest BCUT2D eigenvalue weighted by Gasteiger charge is -2.12. The molecule has 0 aliphatic carbocycles. The first kappa shape index (κ1) is 20.2. The fraction of sp³-hybridized carbons (Fsp3) is 0.125. The Bertz CT molecular complexity index is 1190. The van der Waals surface area contributed by atoms with Gasteiger partial charge in [-0.2, -0.15) is 4.98 Å². The third-order valence-corrected chi connectivity index (χ3v) is 4.79. The predicted octanol–water partition coefficient (Wildman–Crippen LogP) is 4.35. The molecule has 156 valence electrons. The van der Waals surface area contributed by atoms with Gasteiger partial charge in [-0.3, -0.25) is 4.79 Å².